The summed E-state index contributed by atoms with van der Waals surface area (Å²) in [6.45, 7) is 6.87. The van der Waals surface area contributed by atoms with E-state index in [9.17, 15) is 0 Å². The molecule has 1 aromatic rings. The lowest BCUT2D eigenvalue weighted by Gasteiger charge is -2.36. The van der Waals surface area contributed by atoms with Crippen molar-refractivity contribution in [2.45, 2.75) is 58.3 Å². The van der Waals surface area contributed by atoms with Crippen molar-refractivity contribution in [1.29, 1.82) is 0 Å². The highest BCUT2D eigenvalue weighted by atomic mass is 15.2. The number of nitrogens with zero attached hydrogens (tertiary/aromatic N) is 2. The van der Waals surface area contributed by atoms with Crippen LogP contribution in [0.4, 0.5) is 0 Å². The lowest BCUT2D eigenvalue weighted by atomic mass is 9.70. The molecule has 0 amide bonds. The minimum Gasteiger partial charge on any atom is -0.316 e. The molecule has 0 aliphatic heterocycles. The molecule has 20 heavy (non-hydrogen) atoms. The van der Waals surface area contributed by atoms with Crippen molar-refractivity contribution in [3.05, 3.63) is 18.0 Å². The quantitative estimate of drug-likeness (QED) is 0.770. The first-order chi connectivity index (χ1) is 9.74. The third-order valence-corrected chi connectivity index (χ3v) is 4.79. The van der Waals surface area contributed by atoms with E-state index >= 15 is 0 Å². The summed E-state index contributed by atoms with van der Waals surface area (Å²) < 4.78 is 1.95. The molecule has 0 saturated heterocycles. The zero-order valence-electron chi connectivity index (χ0n) is 13.4. The highest BCUT2D eigenvalue weighted by Crippen LogP contribution is 2.41. The third-order valence-electron chi connectivity index (χ3n) is 4.79. The fourth-order valence-electron chi connectivity index (χ4n) is 3.74. The molecule has 114 valence electrons. The van der Waals surface area contributed by atoms with E-state index in [1.54, 1.807) is 0 Å². The summed E-state index contributed by atoms with van der Waals surface area (Å²) in [5, 5.41) is 8.02. The maximum absolute atomic E-state index is 4.39. The van der Waals surface area contributed by atoms with E-state index in [0.717, 1.165) is 18.4 Å². The Morgan fingerprint density at radius 2 is 2.15 bits per heavy atom. The van der Waals surface area contributed by atoms with Crippen LogP contribution in [0, 0.1) is 11.8 Å². The van der Waals surface area contributed by atoms with Crippen LogP contribution in [0.5, 0.6) is 0 Å². The molecule has 1 aliphatic rings. The van der Waals surface area contributed by atoms with Crippen LogP contribution < -0.4 is 5.32 Å². The summed E-state index contributed by atoms with van der Waals surface area (Å²) in [5.41, 5.74) is 1.46. The molecule has 0 aromatic carbocycles. The predicted octanol–water partition coefficient (Wildman–Crippen LogP) is 3.72. The molecule has 3 atom stereocenters. The number of hydrogen-bond donors (Lipinski definition) is 1. The van der Waals surface area contributed by atoms with Crippen LogP contribution in [0.3, 0.4) is 0 Å². The molecule has 2 rings (SSSR count). The number of aromatic nitrogens is 2. The third kappa shape index (κ3) is 4.08. The van der Waals surface area contributed by atoms with Gasteiger partial charge in [0, 0.05) is 13.2 Å². The Morgan fingerprint density at radius 1 is 1.30 bits per heavy atom. The number of nitrogens with one attached hydrogen (secondary N) is 1. The summed E-state index contributed by atoms with van der Waals surface area (Å²) in [6.07, 6.45) is 12.4. The average Bonchev–Trinajstić information content (AvgIpc) is 2.87. The van der Waals surface area contributed by atoms with E-state index in [1.165, 1.54) is 50.6 Å². The van der Waals surface area contributed by atoms with Gasteiger partial charge in [-0.15, -0.1) is 0 Å². The van der Waals surface area contributed by atoms with Gasteiger partial charge in [-0.25, -0.2) is 0 Å². The average molecular weight is 277 g/mol. The van der Waals surface area contributed by atoms with Gasteiger partial charge in [0.1, 0.15) is 0 Å². The molecule has 0 radical (unpaired) electrons. The second kappa shape index (κ2) is 7.82. The molecule has 1 fully saturated rings. The Kier molecular flexibility index (Phi) is 6.08. The van der Waals surface area contributed by atoms with Crippen LogP contribution in [0.25, 0.3) is 0 Å². The molecule has 3 unspecified atom stereocenters. The first-order valence-corrected chi connectivity index (χ1v) is 8.43. The van der Waals surface area contributed by atoms with Crippen molar-refractivity contribution >= 4 is 0 Å². The van der Waals surface area contributed by atoms with Crippen molar-refractivity contribution in [2.75, 3.05) is 13.1 Å². The van der Waals surface area contributed by atoms with Crippen molar-refractivity contribution < 1.29 is 0 Å². The molecule has 3 nitrogen and oxygen atoms in total. The summed E-state index contributed by atoms with van der Waals surface area (Å²) >= 11 is 0. The maximum atomic E-state index is 4.39. The van der Waals surface area contributed by atoms with Gasteiger partial charge in [-0.1, -0.05) is 33.1 Å². The van der Waals surface area contributed by atoms with Gasteiger partial charge in [0.25, 0.3) is 0 Å². The van der Waals surface area contributed by atoms with Gasteiger partial charge in [-0.3, -0.25) is 4.68 Å². The number of rotatable bonds is 7. The molecular formula is C17H31N3. The smallest absolute Gasteiger partial charge is 0.0524 e. The molecule has 0 spiro atoms. The second-order valence-electron chi connectivity index (χ2n) is 6.49. The van der Waals surface area contributed by atoms with E-state index in [0.29, 0.717) is 5.92 Å². The van der Waals surface area contributed by atoms with Gasteiger partial charge >= 0.3 is 0 Å². The molecule has 1 aromatic heterocycles. The summed E-state index contributed by atoms with van der Waals surface area (Å²) in [7, 11) is 2.03. The molecular weight excluding hydrogens is 246 g/mol. The number of hydrogen-bond acceptors (Lipinski definition) is 2. The van der Waals surface area contributed by atoms with Gasteiger partial charge in [0.05, 0.1) is 6.20 Å². The summed E-state index contributed by atoms with van der Waals surface area (Å²) in [5.74, 6) is 2.42. The molecule has 3 heteroatoms. The standard InChI is InChI=1S/C17H31N3/c1-4-6-14-7-8-15(11-18-9-5-2)17(10-14)16-12-19-20(3)13-16/h12-15,17-18H,4-11H2,1-3H3. The fraction of sp³-hybridized carbons (Fsp3) is 0.824. The SMILES string of the molecule is CCCNCC1CCC(CCC)CC1c1cnn(C)c1. The van der Waals surface area contributed by atoms with Gasteiger partial charge in [-0.2, -0.15) is 5.10 Å². The Bertz CT molecular complexity index is 385. The van der Waals surface area contributed by atoms with Gasteiger partial charge < -0.3 is 5.32 Å². The molecule has 1 aliphatic carbocycles. The van der Waals surface area contributed by atoms with Crippen molar-refractivity contribution in [2.24, 2.45) is 18.9 Å². The lowest BCUT2D eigenvalue weighted by molar-refractivity contribution is 0.220. The minimum atomic E-state index is 0.707. The zero-order valence-corrected chi connectivity index (χ0v) is 13.4. The minimum absolute atomic E-state index is 0.707. The van der Waals surface area contributed by atoms with Crippen molar-refractivity contribution in [3.8, 4) is 0 Å². The van der Waals surface area contributed by atoms with E-state index in [2.05, 4.69) is 36.7 Å². The van der Waals surface area contributed by atoms with Crippen molar-refractivity contribution in [1.82, 2.24) is 15.1 Å². The molecule has 0 bridgehead atoms. The Morgan fingerprint density at radius 3 is 2.80 bits per heavy atom. The zero-order chi connectivity index (χ0) is 14.4. The topological polar surface area (TPSA) is 29.9 Å². The molecule has 1 saturated carbocycles. The normalized spacial score (nSPS) is 26.9. The van der Waals surface area contributed by atoms with Crippen LogP contribution >= 0.6 is 0 Å². The van der Waals surface area contributed by atoms with Gasteiger partial charge in [-0.05, 0) is 55.7 Å². The largest absolute Gasteiger partial charge is 0.316 e. The molecule has 1 N–H and O–H groups in total. The molecule has 1 heterocycles. The maximum Gasteiger partial charge on any atom is 0.0524 e. The Hall–Kier alpha value is -0.830. The van der Waals surface area contributed by atoms with Crippen LogP contribution in [0.1, 0.15) is 63.9 Å². The monoisotopic (exact) mass is 277 g/mol. The van der Waals surface area contributed by atoms with E-state index in [4.69, 9.17) is 0 Å². The summed E-state index contributed by atoms with van der Waals surface area (Å²) in [4.78, 5) is 0. The predicted molar refractivity (Wildman–Crippen MR) is 84.8 cm³/mol. The highest BCUT2D eigenvalue weighted by Gasteiger charge is 2.31. The first kappa shape index (κ1) is 15.6. The van der Waals surface area contributed by atoms with E-state index in [-0.39, 0.29) is 0 Å². The summed E-state index contributed by atoms with van der Waals surface area (Å²) in [6, 6.07) is 0. The second-order valence-corrected chi connectivity index (χ2v) is 6.49. The van der Waals surface area contributed by atoms with Crippen LogP contribution in [-0.2, 0) is 7.05 Å². The lowest BCUT2D eigenvalue weighted by Crippen LogP contribution is -2.32. The fourth-order valence-corrected chi connectivity index (χ4v) is 3.74. The van der Waals surface area contributed by atoms with Crippen LogP contribution in [-0.4, -0.2) is 22.9 Å². The Balaban J connectivity index is 2.01. The highest BCUT2D eigenvalue weighted by molar-refractivity contribution is 5.14. The van der Waals surface area contributed by atoms with Crippen LogP contribution in [0.2, 0.25) is 0 Å². The van der Waals surface area contributed by atoms with Crippen molar-refractivity contribution in [3.63, 3.8) is 0 Å². The van der Waals surface area contributed by atoms with Crippen LogP contribution in [0.15, 0.2) is 12.4 Å². The van der Waals surface area contributed by atoms with E-state index < -0.39 is 0 Å². The van der Waals surface area contributed by atoms with E-state index in [1.807, 2.05) is 11.7 Å². The first-order valence-electron chi connectivity index (χ1n) is 8.43. The van der Waals surface area contributed by atoms with Gasteiger partial charge in [0.15, 0.2) is 0 Å². The Labute approximate surface area is 124 Å². The number of aryl methyl sites for hydroxylation is 1. The van der Waals surface area contributed by atoms with Gasteiger partial charge in [0.2, 0.25) is 0 Å².